The predicted octanol–water partition coefficient (Wildman–Crippen LogP) is 0.300. The summed E-state index contributed by atoms with van der Waals surface area (Å²) in [5.74, 6) is 0.828. The minimum atomic E-state index is 0.0600. The van der Waals surface area contributed by atoms with Crippen LogP contribution in [0.25, 0.3) is 0 Å². The molecule has 0 saturated carbocycles. The van der Waals surface area contributed by atoms with E-state index in [1.807, 2.05) is 36.1 Å². The summed E-state index contributed by atoms with van der Waals surface area (Å²) in [5.41, 5.74) is 2.12. The Kier molecular flexibility index (Phi) is 7.11. The van der Waals surface area contributed by atoms with Crippen molar-refractivity contribution in [3.05, 3.63) is 29.8 Å². The quantitative estimate of drug-likeness (QED) is 0.483. The average Bonchev–Trinajstić information content (AvgIpc) is 3.25. The zero-order valence-electron chi connectivity index (χ0n) is 16.5. The molecule has 0 atom stereocenters. The first-order valence-corrected chi connectivity index (χ1v) is 10.1. The molecule has 2 amide bonds. The van der Waals surface area contributed by atoms with E-state index in [-0.39, 0.29) is 18.4 Å². The lowest BCUT2D eigenvalue weighted by Crippen LogP contribution is -2.47. The standard InChI is InChI=1S/C20H30N6O2/c1-2-21-20(24-14-19(28)25-10-3-4-11-25)23-13-16-5-7-17(8-6-16)26-12-9-22-18(27)15-26/h5-8H,2-4,9-15H2,1H3,(H,22,27)(H2,21,23,24). The highest BCUT2D eigenvalue weighted by molar-refractivity contribution is 5.86. The zero-order valence-corrected chi connectivity index (χ0v) is 16.5. The molecule has 28 heavy (non-hydrogen) atoms. The molecule has 0 bridgehead atoms. The molecule has 1 aromatic rings. The van der Waals surface area contributed by atoms with Crippen molar-refractivity contribution in [2.24, 2.45) is 4.99 Å². The Hall–Kier alpha value is -2.77. The number of anilines is 1. The van der Waals surface area contributed by atoms with Crippen LogP contribution in [0.5, 0.6) is 0 Å². The van der Waals surface area contributed by atoms with Crippen molar-refractivity contribution in [3.8, 4) is 0 Å². The number of nitrogens with zero attached hydrogens (tertiary/aromatic N) is 3. The molecule has 2 aliphatic rings. The monoisotopic (exact) mass is 386 g/mol. The van der Waals surface area contributed by atoms with Crippen molar-refractivity contribution in [1.82, 2.24) is 20.9 Å². The largest absolute Gasteiger partial charge is 0.360 e. The summed E-state index contributed by atoms with van der Waals surface area (Å²) >= 11 is 0. The van der Waals surface area contributed by atoms with Crippen molar-refractivity contribution >= 4 is 23.5 Å². The smallest absolute Gasteiger partial charge is 0.241 e. The van der Waals surface area contributed by atoms with Gasteiger partial charge in [0.25, 0.3) is 0 Å². The maximum atomic E-state index is 12.2. The Morgan fingerprint density at radius 2 is 1.89 bits per heavy atom. The van der Waals surface area contributed by atoms with Gasteiger partial charge in [0.05, 0.1) is 19.6 Å². The van der Waals surface area contributed by atoms with Crippen molar-refractivity contribution < 1.29 is 9.59 Å². The second-order valence-corrected chi connectivity index (χ2v) is 7.07. The second-order valence-electron chi connectivity index (χ2n) is 7.07. The van der Waals surface area contributed by atoms with E-state index in [4.69, 9.17) is 0 Å². The summed E-state index contributed by atoms with van der Waals surface area (Å²) in [6.07, 6.45) is 2.19. The van der Waals surface area contributed by atoms with Crippen molar-refractivity contribution in [2.45, 2.75) is 26.3 Å². The fourth-order valence-electron chi connectivity index (χ4n) is 3.42. The number of hydrogen-bond donors (Lipinski definition) is 3. The summed E-state index contributed by atoms with van der Waals surface area (Å²) in [5, 5.41) is 9.15. The van der Waals surface area contributed by atoms with E-state index in [0.29, 0.717) is 25.6 Å². The zero-order chi connectivity index (χ0) is 19.8. The molecule has 0 aliphatic carbocycles. The molecule has 0 radical (unpaired) electrons. The van der Waals surface area contributed by atoms with Gasteiger partial charge in [0.15, 0.2) is 5.96 Å². The van der Waals surface area contributed by atoms with Crippen LogP contribution >= 0.6 is 0 Å². The van der Waals surface area contributed by atoms with E-state index in [0.717, 1.165) is 50.3 Å². The predicted molar refractivity (Wildman–Crippen MR) is 110 cm³/mol. The van der Waals surface area contributed by atoms with Gasteiger partial charge in [-0.05, 0) is 37.5 Å². The minimum absolute atomic E-state index is 0.0600. The van der Waals surface area contributed by atoms with Gasteiger partial charge in [0.2, 0.25) is 11.8 Å². The maximum Gasteiger partial charge on any atom is 0.241 e. The van der Waals surface area contributed by atoms with Crippen LogP contribution in [-0.2, 0) is 16.1 Å². The van der Waals surface area contributed by atoms with Gasteiger partial charge in [0, 0.05) is 38.4 Å². The van der Waals surface area contributed by atoms with Crippen LogP contribution in [0, 0.1) is 0 Å². The van der Waals surface area contributed by atoms with Gasteiger partial charge in [0.1, 0.15) is 0 Å². The Morgan fingerprint density at radius 1 is 1.14 bits per heavy atom. The van der Waals surface area contributed by atoms with Gasteiger partial charge in [-0.2, -0.15) is 0 Å². The van der Waals surface area contributed by atoms with E-state index in [9.17, 15) is 9.59 Å². The Morgan fingerprint density at radius 3 is 2.57 bits per heavy atom. The third-order valence-corrected chi connectivity index (χ3v) is 4.97. The van der Waals surface area contributed by atoms with Crippen LogP contribution in [0.2, 0.25) is 0 Å². The van der Waals surface area contributed by atoms with Crippen LogP contribution in [-0.4, -0.2) is 68.5 Å². The van der Waals surface area contributed by atoms with Gasteiger partial charge >= 0.3 is 0 Å². The van der Waals surface area contributed by atoms with Gasteiger partial charge < -0.3 is 25.8 Å². The molecule has 1 aromatic carbocycles. The average molecular weight is 387 g/mol. The number of amides is 2. The fourth-order valence-corrected chi connectivity index (χ4v) is 3.42. The molecule has 2 fully saturated rings. The molecule has 3 rings (SSSR count). The van der Waals surface area contributed by atoms with Gasteiger partial charge in [-0.3, -0.25) is 9.59 Å². The summed E-state index contributed by atoms with van der Waals surface area (Å²) in [7, 11) is 0. The third-order valence-electron chi connectivity index (χ3n) is 4.97. The van der Waals surface area contributed by atoms with Gasteiger partial charge in [-0.15, -0.1) is 0 Å². The third kappa shape index (κ3) is 5.61. The molecular weight excluding hydrogens is 356 g/mol. The molecule has 152 valence electrons. The lowest BCUT2D eigenvalue weighted by atomic mass is 10.2. The highest BCUT2D eigenvalue weighted by Gasteiger charge is 2.18. The summed E-state index contributed by atoms with van der Waals surface area (Å²) in [6, 6.07) is 8.12. The maximum absolute atomic E-state index is 12.2. The molecule has 2 aliphatic heterocycles. The van der Waals surface area contributed by atoms with E-state index in [2.05, 4.69) is 25.8 Å². The number of hydrogen-bond acceptors (Lipinski definition) is 4. The summed E-state index contributed by atoms with van der Waals surface area (Å²) in [6.45, 7) is 7.15. The number of guanidine groups is 1. The van der Waals surface area contributed by atoms with Gasteiger partial charge in [-0.1, -0.05) is 12.1 Å². The van der Waals surface area contributed by atoms with E-state index in [1.165, 1.54) is 0 Å². The number of nitrogens with one attached hydrogen (secondary N) is 3. The Bertz CT molecular complexity index is 697. The fraction of sp³-hybridized carbons (Fsp3) is 0.550. The molecule has 2 saturated heterocycles. The molecule has 0 aromatic heterocycles. The molecular formula is C20H30N6O2. The molecule has 3 N–H and O–H groups in total. The van der Waals surface area contributed by atoms with Crippen LogP contribution in [0.15, 0.2) is 29.3 Å². The first-order chi connectivity index (χ1) is 13.7. The number of carbonyl (C=O) groups is 2. The summed E-state index contributed by atoms with van der Waals surface area (Å²) < 4.78 is 0. The molecule has 2 heterocycles. The molecule has 0 spiro atoms. The Balaban J connectivity index is 1.53. The Labute approximate surface area is 166 Å². The number of rotatable bonds is 6. The second kappa shape index (κ2) is 9.96. The number of likely N-dealkylation sites (tertiary alicyclic amines) is 1. The van der Waals surface area contributed by atoms with Crippen LogP contribution < -0.4 is 20.9 Å². The topological polar surface area (TPSA) is 89.1 Å². The lowest BCUT2D eigenvalue weighted by molar-refractivity contribution is -0.128. The normalized spacial score (nSPS) is 17.5. The molecule has 8 heteroatoms. The highest BCUT2D eigenvalue weighted by Crippen LogP contribution is 2.16. The van der Waals surface area contributed by atoms with Gasteiger partial charge in [-0.25, -0.2) is 4.99 Å². The first-order valence-electron chi connectivity index (χ1n) is 10.1. The first kappa shape index (κ1) is 20.0. The van der Waals surface area contributed by atoms with Crippen molar-refractivity contribution in [2.75, 3.05) is 50.7 Å². The summed E-state index contributed by atoms with van der Waals surface area (Å²) in [4.78, 5) is 32.3. The van der Waals surface area contributed by atoms with E-state index < -0.39 is 0 Å². The molecule has 0 unspecified atom stereocenters. The van der Waals surface area contributed by atoms with Crippen LogP contribution in [0.4, 0.5) is 5.69 Å². The van der Waals surface area contributed by atoms with Crippen LogP contribution in [0.1, 0.15) is 25.3 Å². The molecule has 8 nitrogen and oxygen atoms in total. The number of benzene rings is 1. The minimum Gasteiger partial charge on any atom is -0.360 e. The van der Waals surface area contributed by atoms with Crippen LogP contribution in [0.3, 0.4) is 0 Å². The van der Waals surface area contributed by atoms with E-state index in [1.54, 1.807) is 0 Å². The van der Waals surface area contributed by atoms with Crippen molar-refractivity contribution in [3.63, 3.8) is 0 Å². The number of aliphatic imine (C=N–C) groups is 1. The number of piperazine rings is 1. The lowest BCUT2D eigenvalue weighted by Gasteiger charge is -2.28. The van der Waals surface area contributed by atoms with Crippen molar-refractivity contribution in [1.29, 1.82) is 0 Å². The SMILES string of the molecule is CCNC(=NCc1ccc(N2CCNC(=O)C2)cc1)NCC(=O)N1CCCC1. The number of carbonyl (C=O) groups excluding carboxylic acids is 2. The van der Waals surface area contributed by atoms with E-state index >= 15 is 0 Å². The highest BCUT2D eigenvalue weighted by atomic mass is 16.2.